The zero-order valence-electron chi connectivity index (χ0n) is 8.61. The van der Waals surface area contributed by atoms with Crippen LogP contribution in [0.2, 0.25) is 0 Å². The first-order chi connectivity index (χ1) is 6.75. The first kappa shape index (κ1) is 9.66. The van der Waals surface area contributed by atoms with E-state index in [0.29, 0.717) is 5.92 Å². The van der Waals surface area contributed by atoms with Crippen molar-refractivity contribution < 1.29 is 5.11 Å². The third-order valence-electron chi connectivity index (χ3n) is 3.05. The van der Waals surface area contributed by atoms with Crippen LogP contribution in [0.25, 0.3) is 0 Å². The van der Waals surface area contributed by atoms with Crippen molar-refractivity contribution >= 4 is 0 Å². The highest BCUT2D eigenvalue weighted by Gasteiger charge is 2.25. The van der Waals surface area contributed by atoms with E-state index in [1.807, 2.05) is 12.4 Å². The van der Waals surface area contributed by atoms with Crippen LogP contribution in [0, 0.1) is 12.8 Å². The summed E-state index contributed by atoms with van der Waals surface area (Å²) >= 11 is 0. The molecular formula is C12H17NO. The minimum atomic E-state index is -0.0875. The van der Waals surface area contributed by atoms with E-state index in [9.17, 15) is 5.11 Å². The zero-order chi connectivity index (χ0) is 9.97. The van der Waals surface area contributed by atoms with Gasteiger partial charge in [0.25, 0.3) is 0 Å². The molecular weight excluding hydrogens is 174 g/mol. The van der Waals surface area contributed by atoms with Crippen molar-refractivity contribution in [1.29, 1.82) is 0 Å². The van der Waals surface area contributed by atoms with E-state index in [4.69, 9.17) is 0 Å². The lowest BCUT2D eigenvalue weighted by atomic mass is 9.97. The van der Waals surface area contributed by atoms with Gasteiger partial charge < -0.3 is 5.11 Å². The van der Waals surface area contributed by atoms with Gasteiger partial charge in [-0.3, -0.25) is 4.98 Å². The van der Waals surface area contributed by atoms with E-state index in [1.165, 1.54) is 17.5 Å². The van der Waals surface area contributed by atoms with E-state index in [0.717, 1.165) is 19.3 Å². The van der Waals surface area contributed by atoms with Crippen LogP contribution in [0.3, 0.4) is 0 Å². The highest BCUT2D eigenvalue weighted by atomic mass is 16.3. The molecule has 2 unspecified atom stereocenters. The van der Waals surface area contributed by atoms with Crippen molar-refractivity contribution in [2.45, 2.75) is 38.7 Å². The van der Waals surface area contributed by atoms with Crippen LogP contribution in [0.1, 0.15) is 30.4 Å². The van der Waals surface area contributed by atoms with Gasteiger partial charge >= 0.3 is 0 Å². The molecule has 14 heavy (non-hydrogen) atoms. The Balaban J connectivity index is 2.03. The minimum absolute atomic E-state index is 0.0875. The number of rotatable bonds is 2. The van der Waals surface area contributed by atoms with Crippen molar-refractivity contribution in [1.82, 2.24) is 4.98 Å². The van der Waals surface area contributed by atoms with Crippen LogP contribution in [-0.2, 0) is 6.42 Å². The molecule has 0 amide bonds. The average Bonchev–Trinajstić information content (AvgIpc) is 2.52. The summed E-state index contributed by atoms with van der Waals surface area (Å²) in [5, 5.41) is 9.70. The molecule has 0 spiro atoms. The third kappa shape index (κ3) is 2.13. The maximum atomic E-state index is 9.70. The molecule has 0 saturated heterocycles. The molecule has 2 rings (SSSR count). The van der Waals surface area contributed by atoms with Gasteiger partial charge in [0.05, 0.1) is 6.10 Å². The maximum absolute atomic E-state index is 9.70. The summed E-state index contributed by atoms with van der Waals surface area (Å²) in [6.45, 7) is 2.06. The van der Waals surface area contributed by atoms with Crippen LogP contribution < -0.4 is 0 Å². The number of hydrogen-bond donors (Lipinski definition) is 1. The first-order valence-corrected chi connectivity index (χ1v) is 5.34. The van der Waals surface area contributed by atoms with Crippen molar-refractivity contribution in [3.05, 3.63) is 29.6 Å². The molecule has 0 bridgehead atoms. The number of hydrogen-bond acceptors (Lipinski definition) is 2. The molecule has 1 aliphatic carbocycles. The van der Waals surface area contributed by atoms with Crippen LogP contribution in [-0.4, -0.2) is 16.2 Å². The zero-order valence-corrected chi connectivity index (χ0v) is 8.61. The van der Waals surface area contributed by atoms with Gasteiger partial charge in [0.1, 0.15) is 0 Å². The second-order valence-corrected chi connectivity index (χ2v) is 4.33. The molecule has 1 heterocycles. The minimum Gasteiger partial charge on any atom is -0.393 e. The standard InChI is InChI=1S/C12H17NO/c1-9-5-10(8-13-7-9)6-11-3-2-4-12(11)14/h5,7-8,11-12,14H,2-4,6H2,1H3. The molecule has 0 aliphatic heterocycles. The molecule has 1 aromatic rings. The number of aliphatic hydroxyl groups excluding tert-OH is 1. The second kappa shape index (κ2) is 4.09. The van der Waals surface area contributed by atoms with E-state index < -0.39 is 0 Å². The summed E-state index contributed by atoms with van der Waals surface area (Å²) in [6.07, 6.45) is 7.99. The topological polar surface area (TPSA) is 33.1 Å². The Bertz CT molecular complexity index is 311. The van der Waals surface area contributed by atoms with Gasteiger partial charge in [-0.1, -0.05) is 12.5 Å². The van der Waals surface area contributed by atoms with E-state index in [1.54, 1.807) is 0 Å². The molecule has 1 fully saturated rings. The van der Waals surface area contributed by atoms with Crippen molar-refractivity contribution in [2.75, 3.05) is 0 Å². The molecule has 1 aromatic heterocycles. The molecule has 76 valence electrons. The lowest BCUT2D eigenvalue weighted by Crippen LogP contribution is -2.15. The fraction of sp³-hybridized carbons (Fsp3) is 0.583. The SMILES string of the molecule is Cc1cncc(CC2CCCC2O)c1. The van der Waals surface area contributed by atoms with Crippen LogP contribution in [0.4, 0.5) is 0 Å². The lowest BCUT2D eigenvalue weighted by Gasteiger charge is -2.13. The van der Waals surface area contributed by atoms with Crippen LogP contribution in [0.5, 0.6) is 0 Å². The average molecular weight is 191 g/mol. The van der Waals surface area contributed by atoms with E-state index in [2.05, 4.69) is 18.0 Å². The van der Waals surface area contributed by atoms with Gasteiger partial charge in [-0.2, -0.15) is 0 Å². The van der Waals surface area contributed by atoms with Gasteiger partial charge in [-0.05, 0) is 43.2 Å². The molecule has 2 atom stereocenters. The van der Waals surface area contributed by atoms with Crippen molar-refractivity contribution in [2.24, 2.45) is 5.92 Å². The molecule has 1 N–H and O–H groups in total. The van der Waals surface area contributed by atoms with Gasteiger partial charge in [-0.15, -0.1) is 0 Å². The normalized spacial score (nSPS) is 26.7. The van der Waals surface area contributed by atoms with Gasteiger partial charge in [0.15, 0.2) is 0 Å². The molecule has 1 aliphatic rings. The Kier molecular flexibility index (Phi) is 2.82. The number of aromatic nitrogens is 1. The van der Waals surface area contributed by atoms with Crippen molar-refractivity contribution in [3.63, 3.8) is 0 Å². The summed E-state index contributed by atoms with van der Waals surface area (Å²) < 4.78 is 0. The Hall–Kier alpha value is -0.890. The van der Waals surface area contributed by atoms with Crippen LogP contribution >= 0.6 is 0 Å². The Morgan fingerprint density at radius 3 is 2.93 bits per heavy atom. The van der Waals surface area contributed by atoms with Crippen LogP contribution in [0.15, 0.2) is 18.5 Å². The largest absolute Gasteiger partial charge is 0.393 e. The molecule has 2 nitrogen and oxygen atoms in total. The summed E-state index contributed by atoms with van der Waals surface area (Å²) in [6, 6.07) is 2.16. The Morgan fingerprint density at radius 1 is 1.43 bits per heavy atom. The predicted molar refractivity (Wildman–Crippen MR) is 56.0 cm³/mol. The van der Waals surface area contributed by atoms with Gasteiger partial charge in [-0.25, -0.2) is 0 Å². The van der Waals surface area contributed by atoms with E-state index in [-0.39, 0.29) is 6.10 Å². The van der Waals surface area contributed by atoms with Gasteiger partial charge in [0.2, 0.25) is 0 Å². The maximum Gasteiger partial charge on any atom is 0.0571 e. The molecule has 0 radical (unpaired) electrons. The quantitative estimate of drug-likeness (QED) is 0.776. The Labute approximate surface area is 85.0 Å². The second-order valence-electron chi connectivity index (χ2n) is 4.33. The third-order valence-corrected chi connectivity index (χ3v) is 3.05. The fourth-order valence-electron chi connectivity index (χ4n) is 2.29. The lowest BCUT2D eigenvalue weighted by molar-refractivity contribution is 0.132. The highest BCUT2D eigenvalue weighted by molar-refractivity contribution is 5.17. The van der Waals surface area contributed by atoms with Gasteiger partial charge in [0, 0.05) is 12.4 Å². The molecule has 2 heteroatoms. The summed E-state index contributed by atoms with van der Waals surface area (Å²) in [4.78, 5) is 4.17. The summed E-state index contributed by atoms with van der Waals surface area (Å²) in [7, 11) is 0. The summed E-state index contributed by atoms with van der Waals surface area (Å²) in [5.41, 5.74) is 2.46. The Morgan fingerprint density at radius 2 is 2.29 bits per heavy atom. The molecule has 0 aromatic carbocycles. The predicted octanol–water partition coefficient (Wildman–Crippen LogP) is 2.09. The fourth-order valence-corrected chi connectivity index (χ4v) is 2.29. The number of nitrogens with zero attached hydrogens (tertiary/aromatic N) is 1. The summed E-state index contributed by atoms with van der Waals surface area (Å²) in [5.74, 6) is 0.457. The smallest absolute Gasteiger partial charge is 0.0571 e. The van der Waals surface area contributed by atoms with Crippen molar-refractivity contribution in [3.8, 4) is 0 Å². The highest BCUT2D eigenvalue weighted by Crippen LogP contribution is 2.28. The number of pyridine rings is 1. The number of aliphatic hydroxyl groups is 1. The number of aryl methyl sites for hydroxylation is 1. The monoisotopic (exact) mass is 191 g/mol. The molecule has 1 saturated carbocycles. The van der Waals surface area contributed by atoms with E-state index >= 15 is 0 Å². The first-order valence-electron chi connectivity index (χ1n) is 5.34.